The minimum atomic E-state index is -0.0275. The van der Waals surface area contributed by atoms with E-state index in [1.54, 1.807) is 12.1 Å². The maximum Gasteiger partial charge on any atom is 0.128 e. The largest absolute Gasteiger partial charge is 0.508 e. The van der Waals surface area contributed by atoms with E-state index in [1.807, 2.05) is 18.2 Å². The molecule has 0 aromatic heterocycles. The van der Waals surface area contributed by atoms with Crippen LogP contribution in [-0.2, 0) is 0 Å². The third-order valence-electron chi connectivity index (χ3n) is 3.14. The fourth-order valence-corrected chi connectivity index (χ4v) is 2.97. The van der Waals surface area contributed by atoms with Gasteiger partial charge >= 0.3 is 0 Å². The van der Waals surface area contributed by atoms with Gasteiger partial charge < -0.3 is 15.2 Å². The molecule has 0 aliphatic carbocycles. The summed E-state index contributed by atoms with van der Waals surface area (Å²) in [6.07, 6.45) is 0. The molecule has 2 N–H and O–H groups in total. The Labute approximate surface area is 134 Å². The monoisotopic (exact) mass is 373 g/mol. The molecule has 3 nitrogen and oxygen atoms in total. The SMILES string of the molecule is Oc1ccc2c(c1)OCC2Nc1ccc(Br)c(Cl)c1Cl. The fraction of sp³-hybridized carbons (Fsp3) is 0.143. The van der Waals surface area contributed by atoms with Gasteiger partial charge in [-0.1, -0.05) is 23.2 Å². The molecule has 0 radical (unpaired) electrons. The van der Waals surface area contributed by atoms with Crippen LogP contribution in [0, 0.1) is 0 Å². The van der Waals surface area contributed by atoms with Crippen molar-refractivity contribution in [3.63, 3.8) is 0 Å². The lowest BCUT2D eigenvalue weighted by atomic mass is 10.1. The quantitative estimate of drug-likeness (QED) is 0.726. The van der Waals surface area contributed by atoms with Crippen molar-refractivity contribution < 1.29 is 9.84 Å². The van der Waals surface area contributed by atoms with Crippen LogP contribution in [0.5, 0.6) is 11.5 Å². The Hall–Kier alpha value is -1.10. The van der Waals surface area contributed by atoms with Crippen molar-refractivity contribution in [2.45, 2.75) is 6.04 Å². The summed E-state index contributed by atoms with van der Waals surface area (Å²) in [6.45, 7) is 0.475. The number of phenolic OH excluding ortho intramolecular Hbond substituents is 1. The second kappa shape index (κ2) is 5.35. The normalized spacial score (nSPS) is 16.6. The van der Waals surface area contributed by atoms with Crippen molar-refractivity contribution >= 4 is 44.8 Å². The second-order valence-corrected chi connectivity index (χ2v) is 6.06. The second-order valence-electron chi connectivity index (χ2n) is 4.45. The van der Waals surface area contributed by atoms with Gasteiger partial charge in [-0.15, -0.1) is 0 Å². The summed E-state index contributed by atoms with van der Waals surface area (Å²) in [5.74, 6) is 0.871. The molecular formula is C14H10BrCl2NO2. The van der Waals surface area contributed by atoms with Gasteiger partial charge in [0.05, 0.1) is 21.8 Å². The van der Waals surface area contributed by atoms with Gasteiger partial charge in [0.2, 0.25) is 0 Å². The molecule has 1 aliphatic rings. The van der Waals surface area contributed by atoms with Gasteiger partial charge in [0.25, 0.3) is 0 Å². The number of aromatic hydroxyl groups is 1. The van der Waals surface area contributed by atoms with E-state index in [1.165, 1.54) is 0 Å². The maximum absolute atomic E-state index is 9.44. The van der Waals surface area contributed by atoms with Crippen LogP contribution in [0.15, 0.2) is 34.8 Å². The Bertz CT molecular complexity index is 678. The molecule has 3 rings (SSSR count). The van der Waals surface area contributed by atoms with Gasteiger partial charge in [-0.3, -0.25) is 0 Å². The average molecular weight is 375 g/mol. The first-order chi connectivity index (χ1) is 9.56. The summed E-state index contributed by atoms with van der Waals surface area (Å²) in [7, 11) is 0. The molecule has 1 atom stereocenters. The van der Waals surface area contributed by atoms with Crippen molar-refractivity contribution in [3.8, 4) is 11.5 Å². The number of hydrogen-bond donors (Lipinski definition) is 2. The summed E-state index contributed by atoms with van der Waals surface area (Å²) in [5.41, 5.74) is 1.73. The topological polar surface area (TPSA) is 41.5 Å². The third-order valence-corrected chi connectivity index (χ3v) is 4.91. The Morgan fingerprint density at radius 1 is 1.20 bits per heavy atom. The number of rotatable bonds is 2. The summed E-state index contributed by atoms with van der Waals surface area (Å²) >= 11 is 15.7. The van der Waals surface area contributed by atoms with E-state index in [0.29, 0.717) is 22.4 Å². The first-order valence-corrected chi connectivity index (χ1v) is 7.47. The van der Waals surface area contributed by atoms with Gasteiger partial charge in [0.1, 0.15) is 18.1 Å². The minimum absolute atomic E-state index is 0.0275. The summed E-state index contributed by atoms with van der Waals surface area (Å²) in [6, 6.07) is 8.75. The molecule has 0 saturated carbocycles. The number of hydrogen-bond acceptors (Lipinski definition) is 3. The summed E-state index contributed by atoms with van der Waals surface area (Å²) in [5, 5.41) is 13.7. The van der Waals surface area contributed by atoms with Gasteiger partial charge in [-0.05, 0) is 40.2 Å². The minimum Gasteiger partial charge on any atom is -0.508 e. The number of ether oxygens (including phenoxy) is 1. The molecule has 20 heavy (non-hydrogen) atoms. The van der Waals surface area contributed by atoms with E-state index in [0.717, 1.165) is 15.7 Å². The zero-order valence-corrected chi connectivity index (χ0v) is 13.3. The van der Waals surface area contributed by atoms with Crippen LogP contribution < -0.4 is 10.1 Å². The van der Waals surface area contributed by atoms with Crippen molar-refractivity contribution in [2.75, 3.05) is 11.9 Å². The van der Waals surface area contributed by atoms with Crippen LogP contribution in [0.25, 0.3) is 0 Å². The smallest absolute Gasteiger partial charge is 0.128 e. The van der Waals surface area contributed by atoms with Gasteiger partial charge in [0, 0.05) is 16.1 Å². The Morgan fingerprint density at radius 3 is 2.80 bits per heavy atom. The Morgan fingerprint density at radius 2 is 2.00 bits per heavy atom. The molecule has 0 spiro atoms. The molecule has 2 aromatic carbocycles. The molecule has 1 heterocycles. The number of anilines is 1. The molecule has 1 aliphatic heterocycles. The first kappa shape index (κ1) is 13.9. The van der Waals surface area contributed by atoms with E-state index < -0.39 is 0 Å². The predicted molar refractivity (Wildman–Crippen MR) is 84.1 cm³/mol. The lowest BCUT2D eigenvalue weighted by molar-refractivity contribution is 0.338. The molecule has 0 amide bonds. The molecule has 0 fully saturated rings. The highest BCUT2D eigenvalue weighted by Crippen LogP contribution is 2.40. The lowest BCUT2D eigenvalue weighted by Gasteiger charge is -2.15. The number of fused-ring (bicyclic) bond motifs is 1. The molecule has 0 bridgehead atoms. The maximum atomic E-state index is 9.44. The highest BCUT2D eigenvalue weighted by Gasteiger charge is 2.25. The molecular weight excluding hydrogens is 365 g/mol. The standard InChI is InChI=1S/C14H10BrCl2NO2/c15-9-3-4-10(14(17)13(9)16)18-11-6-20-12-5-7(19)1-2-8(11)12/h1-5,11,18-19H,6H2. The van der Waals surface area contributed by atoms with Crippen LogP contribution in [0.2, 0.25) is 10.0 Å². The van der Waals surface area contributed by atoms with Crippen LogP contribution >= 0.6 is 39.1 Å². The zero-order chi connectivity index (χ0) is 14.3. The van der Waals surface area contributed by atoms with E-state index in [2.05, 4.69) is 21.2 Å². The molecule has 0 saturated heterocycles. The first-order valence-electron chi connectivity index (χ1n) is 5.92. The highest BCUT2D eigenvalue weighted by molar-refractivity contribution is 9.10. The zero-order valence-electron chi connectivity index (χ0n) is 10.2. The van der Waals surface area contributed by atoms with E-state index in [4.69, 9.17) is 27.9 Å². The average Bonchev–Trinajstić information content (AvgIpc) is 2.82. The van der Waals surface area contributed by atoms with Crippen LogP contribution in [0.1, 0.15) is 11.6 Å². The van der Waals surface area contributed by atoms with Crippen molar-refractivity contribution in [2.24, 2.45) is 0 Å². The van der Waals surface area contributed by atoms with Crippen molar-refractivity contribution in [3.05, 3.63) is 50.4 Å². The molecule has 104 valence electrons. The van der Waals surface area contributed by atoms with Gasteiger partial charge in [-0.25, -0.2) is 0 Å². The Kier molecular flexibility index (Phi) is 3.71. The fourth-order valence-electron chi connectivity index (χ4n) is 2.14. The molecule has 6 heteroatoms. The van der Waals surface area contributed by atoms with E-state index in [-0.39, 0.29) is 11.8 Å². The number of benzene rings is 2. The van der Waals surface area contributed by atoms with Gasteiger partial charge in [0.15, 0.2) is 0 Å². The Balaban J connectivity index is 1.90. The highest BCUT2D eigenvalue weighted by atomic mass is 79.9. The molecule has 1 unspecified atom stereocenters. The van der Waals surface area contributed by atoms with Gasteiger partial charge in [-0.2, -0.15) is 0 Å². The number of phenols is 1. The van der Waals surface area contributed by atoms with E-state index in [9.17, 15) is 5.11 Å². The van der Waals surface area contributed by atoms with E-state index >= 15 is 0 Å². The summed E-state index contributed by atoms with van der Waals surface area (Å²) in [4.78, 5) is 0. The van der Waals surface area contributed by atoms with Crippen LogP contribution in [0.3, 0.4) is 0 Å². The van der Waals surface area contributed by atoms with Crippen LogP contribution in [0.4, 0.5) is 5.69 Å². The predicted octanol–water partition coefficient (Wildman–Crippen LogP) is 5.01. The lowest BCUT2D eigenvalue weighted by Crippen LogP contribution is -2.12. The molecule has 2 aromatic rings. The summed E-state index contributed by atoms with van der Waals surface area (Å²) < 4.78 is 6.30. The third kappa shape index (κ3) is 2.43. The number of halogens is 3. The number of nitrogens with one attached hydrogen (secondary N) is 1. The van der Waals surface area contributed by atoms with Crippen LogP contribution in [-0.4, -0.2) is 11.7 Å². The van der Waals surface area contributed by atoms with Crippen molar-refractivity contribution in [1.82, 2.24) is 0 Å². The van der Waals surface area contributed by atoms with Crippen molar-refractivity contribution in [1.29, 1.82) is 0 Å².